The van der Waals surface area contributed by atoms with Crippen LogP contribution in [-0.4, -0.2) is 5.78 Å². The maximum Gasteiger partial charge on any atom is 0.170 e. The topological polar surface area (TPSA) is 63.2 Å². The van der Waals surface area contributed by atoms with Crippen molar-refractivity contribution >= 4 is 5.78 Å². The molecule has 3 nitrogen and oxygen atoms in total. The van der Waals surface area contributed by atoms with Gasteiger partial charge in [-0.15, -0.1) is 5.76 Å². The Labute approximate surface area is 48.4 Å². The van der Waals surface area contributed by atoms with Crippen LogP contribution in [0.15, 0.2) is 23.6 Å². The van der Waals surface area contributed by atoms with Crippen molar-refractivity contribution in [1.29, 1.82) is 0 Å². The van der Waals surface area contributed by atoms with Gasteiger partial charge in [0.25, 0.3) is 0 Å². The fourth-order valence-electron chi connectivity index (χ4n) is 0.351. The molecule has 0 unspecified atom stereocenters. The second-order valence-corrected chi connectivity index (χ2v) is 1.24. The molecule has 0 aromatic carbocycles. The van der Waals surface area contributed by atoms with E-state index >= 15 is 0 Å². The summed E-state index contributed by atoms with van der Waals surface area (Å²) in [5.41, 5.74) is 0. The van der Waals surface area contributed by atoms with Gasteiger partial charge in [0, 0.05) is 0 Å². The minimum atomic E-state index is -1.17. The molecule has 0 aliphatic heterocycles. The van der Waals surface area contributed by atoms with E-state index in [0.29, 0.717) is 0 Å². The minimum Gasteiger partial charge on any atom is -0.872 e. The molecule has 0 bridgehead atoms. The third kappa shape index (κ3) is 0.578. The van der Waals surface area contributed by atoms with E-state index in [-0.39, 0.29) is 0 Å². The zero-order valence-electron chi connectivity index (χ0n) is 5.72. The fourth-order valence-corrected chi connectivity index (χ4v) is 0.351. The predicted octanol–water partition coefficient (Wildman–Crippen LogP) is -1.94. The Balaban J connectivity index is 3.22. The second-order valence-electron chi connectivity index (χ2n) is 1.24. The van der Waals surface area contributed by atoms with Crippen molar-refractivity contribution in [1.82, 2.24) is 0 Å². The maximum absolute atomic E-state index is 10.4. The van der Waals surface area contributed by atoms with Crippen LogP contribution in [0.2, 0.25) is 0 Å². The Hall–Kier alpha value is -1.25. The summed E-state index contributed by atoms with van der Waals surface area (Å²) < 4.78 is 13.3. The van der Waals surface area contributed by atoms with Crippen LogP contribution in [0.3, 0.4) is 0 Å². The SMILES string of the molecule is [2H]C1=C([O-])C(=O)C([2H])=C1[O-]. The summed E-state index contributed by atoms with van der Waals surface area (Å²) in [5, 5.41) is 20.8. The molecule has 42 valence electrons. The number of carbonyl (C=O) groups is 1. The summed E-state index contributed by atoms with van der Waals surface area (Å²) in [6.07, 6.45) is 0. The van der Waals surface area contributed by atoms with E-state index in [1.807, 2.05) is 0 Å². The standard InChI is InChI=1S/C5H4O3/c6-3-1-4(7)5(8)2-3/h1-2,6H,(H,7,8)/p-2/i1D,2D. The van der Waals surface area contributed by atoms with Crippen LogP contribution >= 0.6 is 0 Å². The van der Waals surface area contributed by atoms with Crippen LogP contribution in [0.4, 0.5) is 0 Å². The van der Waals surface area contributed by atoms with Crippen molar-refractivity contribution in [3.8, 4) is 0 Å². The number of ketones is 1. The van der Waals surface area contributed by atoms with Crippen molar-refractivity contribution in [2.24, 2.45) is 0 Å². The smallest absolute Gasteiger partial charge is 0.170 e. The van der Waals surface area contributed by atoms with Gasteiger partial charge in [-0.2, -0.15) is 0 Å². The highest BCUT2D eigenvalue weighted by Crippen LogP contribution is 2.02. The summed E-state index contributed by atoms with van der Waals surface area (Å²) in [4.78, 5) is 10.4. The summed E-state index contributed by atoms with van der Waals surface area (Å²) in [6, 6.07) is -1.79. The number of hydrogen-bond donors (Lipinski definition) is 0. The molecule has 0 atom stereocenters. The van der Waals surface area contributed by atoms with Crippen molar-refractivity contribution in [2.45, 2.75) is 0 Å². The molecule has 0 saturated carbocycles. The zero-order chi connectivity index (χ0) is 7.89. The van der Waals surface area contributed by atoms with Crippen molar-refractivity contribution in [3.63, 3.8) is 0 Å². The van der Waals surface area contributed by atoms with Crippen molar-refractivity contribution < 1.29 is 17.7 Å². The van der Waals surface area contributed by atoms with E-state index in [2.05, 4.69) is 0 Å². The van der Waals surface area contributed by atoms with Gasteiger partial charge in [-0.05, 0) is 6.05 Å². The molecule has 0 fully saturated rings. The summed E-state index contributed by atoms with van der Waals surface area (Å²) >= 11 is 0. The van der Waals surface area contributed by atoms with E-state index in [0.717, 1.165) is 0 Å². The first-order valence-electron chi connectivity index (χ1n) is 2.86. The molecule has 0 saturated heterocycles. The molecule has 3 heteroatoms. The number of allylic oxidation sites excluding steroid dienone is 2. The fraction of sp³-hybridized carbons (Fsp3) is 0. The Bertz CT molecular complexity index is 238. The van der Waals surface area contributed by atoms with Crippen LogP contribution in [0.1, 0.15) is 2.74 Å². The molecule has 8 heavy (non-hydrogen) atoms. The van der Waals surface area contributed by atoms with Crippen LogP contribution in [0, 0.1) is 0 Å². The Morgan fingerprint density at radius 3 is 2.25 bits per heavy atom. The first-order valence-corrected chi connectivity index (χ1v) is 1.86. The maximum atomic E-state index is 10.4. The Kier molecular flexibility index (Phi) is 0.497. The molecule has 0 radical (unpaired) electrons. The van der Waals surface area contributed by atoms with Gasteiger partial charge in [-0.3, -0.25) is 4.79 Å². The first kappa shape index (κ1) is 2.91. The highest BCUT2D eigenvalue weighted by atomic mass is 16.3. The number of carbonyl (C=O) groups excluding carboxylic acids is 1. The minimum absolute atomic E-state index is 0.894. The molecule has 0 spiro atoms. The molecular formula is C5H2O3-2. The zero-order valence-corrected chi connectivity index (χ0v) is 3.72. The van der Waals surface area contributed by atoms with Crippen LogP contribution in [0.25, 0.3) is 0 Å². The Morgan fingerprint density at radius 2 is 2.12 bits per heavy atom. The average Bonchev–Trinajstić information content (AvgIpc) is 2.07. The number of hydrogen-bond acceptors (Lipinski definition) is 3. The lowest BCUT2D eigenvalue weighted by Crippen LogP contribution is -2.09. The van der Waals surface area contributed by atoms with E-state index in [4.69, 9.17) is 2.74 Å². The molecular weight excluding hydrogens is 108 g/mol. The van der Waals surface area contributed by atoms with Crippen LogP contribution < -0.4 is 10.2 Å². The molecule has 0 N–H and O–H groups in total. The third-order valence-corrected chi connectivity index (χ3v) is 0.660. The normalized spacial score (nSPS) is 24.2. The predicted molar refractivity (Wildman–Crippen MR) is 21.2 cm³/mol. The van der Waals surface area contributed by atoms with Gasteiger partial charge < -0.3 is 10.2 Å². The lowest BCUT2D eigenvalue weighted by molar-refractivity contribution is -0.305. The van der Waals surface area contributed by atoms with Gasteiger partial charge in [-0.1, -0.05) is 11.8 Å². The first-order chi connectivity index (χ1) is 4.55. The molecule has 0 aromatic rings. The van der Waals surface area contributed by atoms with Gasteiger partial charge >= 0.3 is 0 Å². The van der Waals surface area contributed by atoms with Gasteiger partial charge in [0.1, 0.15) is 0 Å². The van der Waals surface area contributed by atoms with Gasteiger partial charge in [0.15, 0.2) is 5.78 Å². The van der Waals surface area contributed by atoms with Crippen molar-refractivity contribution in [3.05, 3.63) is 23.6 Å². The van der Waals surface area contributed by atoms with Crippen LogP contribution in [0.5, 0.6) is 0 Å². The lowest BCUT2D eigenvalue weighted by atomic mass is 10.4. The molecule has 1 rings (SSSR count). The molecule has 0 aromatic heterocycles. The number of rotatable bonds is 0. The second kappa shape index (κ2) is 1.36. The van der Waals surface area contributed by atoms with Gasteiger partial charge in [0.05, 0.1) is 2.74 Å². The molecule has 0 heterocycles. The monoisotopic (exact) mass is 112 g/mol. The highest BCUT2D eigenvalue weighted by molar-refractivity contribution is 6.04. The lowest BCUT2D eigenvalue weighted by Gasteiger charge is -2.00. The van der Waals surface area contributed by atoms with Gasteiger partial charge in [-0.25, -0.2) is 0 Å². The summed E-state index contributed by atoms with van der Waals surface area (Å²) in [5.74, 6) is -3.42. The molecule has 1 aliphatic carbocycles. The van der Waals surface area contributed by atoms with E-state index < -0.39 is 29.4 Å². The summed E-state index contributed by atoms with van der Waals surface area (Å²) in [6.45, 7) is 0. The molecule has 1 aliphatic rings. The van der Waals surface area contributed by atoms with E-state index in [1.165, 1.54) is 0 Å². The quantitative estimate of drug-likeness (QED) is 0.366. The largest absolute Gasteiger partial charge is 0.872 e. The Morgan fingerprint density at radius 1 is 1.50 bits per heavy atom. The molecule has 0 amide bonds. The van der Waals surface area contributed by atoms with E-state index in [1.54, 1.807) is 0 Å². The van der Waals surface area contributed by atoms with Gasteiger partial charge in [0.2, 0.25) is 0 Å². The van der Waals surface area contributed by atoms with Crippen molar-refractivity contribution in [2.75, 3.05) is 0 Å². The average molecular weight is 112 g/mol. The van der Waals surface area contributed by atoms with Crippen LogP contribution in [-0.2, 0) is 4.79 Å². The third-order valence-electron chi connectivity index (χ3n) is 0.660. The summed E-state index contributed by atoms with van der Waals surface area (Å²) in [7, 11) is 0. The highest BCUT2D eigenvalue weighted by Gasteiger charge is 1.98. The van der Waals surface area contributed by atoms with E-state index in [9.17, 15) is 15.0 Å².